The van der Waals surface area contributed by atoms with E-state index in [2.05, 4.69) is 10.3 Å². The lowest BCUT2D eigenvalue weighted by Crippen LogP contribution is -2.38. The third kappa shape index (κ3) is 5.62. The Morgan fingerprint density at radius 2 is 1.90 bits per heavy atom. The topological polar surface area (TPSA) is 92.4 Å². The predicted molar refractivity (Wildman–Crippen MR) is 115 cm³/mol. The Bertz CT molecular complexity index is 1020. The van der Waals surface area contributed by atoms with Gasteiger partial charge in [-0.2, -0.15) is 0 Å². The van der Waals surface area contributed by atoms with E-state index in [1.165, 1.54) is 12.6 Å². The monoisotopic (exact) mass is 446 g/mol. The van der Waals surface area contributed by atoms with Crippen molar-refractivity contribution in [1.82, 2.24) is 10.3 Å². The fourth-order valence-corrected chi connectivity index (χ4v) is 3.53. The molecule has 2 N–H and O–H groups in total. The molecule has 0 aliphatic heterocycles. The maximum absolute atomic E-state index is 12.3. The van der Waals surface area contributed by atoms with Gasteiger partial charge in [0, 0.05) is 21.7 Å². The molecule has 0 bridgehead atoms. The average Bonchev–Trinajstić information content (AvgIpc) is 3.25. The van der Waals surface area contributed by atoms with E-state index in [1.807, 2.05) is 24.3 Å². The summed E-state index contributed by atoms with van der Waals surface area (Å²) in [5.74, 6) is -1.89. The van der Waals surface area contributed by atoms with Crippen molar-refractivity contribution in [1.29, 1.82) is 0 Å². The molecule has 30 heavy (non-hydrogen) atoms. The SMILES string of the molecule is C[C@H](C[C@@H](Cc1ccc(-c2cc(Cl)ccc2Cl)cc1)NC(=O)c1cnco1)C(=O)O. The van der Waals surface area contributed by atoms with Gasteiger partial charge >= 0.3 is 5.97 Å². The third-order valence-corrected chi connectivity index (χ3v) is 5.29. The van der Waals surface area contributed by atoms with Crippen LogP contribution in [0.15, 0.2) is 59.5 Å². The van der Waals surface area contributed by atoms with E-state index in [0.717, 1.165) is 16.7 Å². The van der Waals surface area contributed by atoms with Crippen LogP contribution in [0, 0.1) is 5.92 Å². The summed E-state index contributed by atoms with van der Waals surface area (Å²) in [5, 5.41) is 13.3. The molecular formula is C22H20Cl2N2O4. The zero-order chi connectivity index (χ0) is 21.7. The Kier molecular flexibility index (Phi) is 7.13. The van der Waals surface area contributed by atoms with E-state index < -0.39 is 23.8 Å². The highest BCUT2D eigenvalue weighted by Crippen LogP contribution is 2.30. The van der Waals surface area contributed by atoms with Gasteiger partial charge in [-0.3, -0.25) is 9.59 Å². The first-order valence-corrected chi connectivity index (χ1v) is 10.1. The molecular weight excluding hydrogens is 427 g/mol. The van der Waals surface area contributed by atoms with Gasteiger partial charge in [-0.25, -0.2) is 4.98 Å². The van der Waals surface area contributed by atoms with Crippen molar-refractivity contribution in [2.24, 2.45) is 5.92 Å². The quantitative estimate of drug-likeness (QED) is 0.501. The fraction of sp³-hybridized carbons (Fsp3) is 0.227. The average molecular weight is 447 g/mol. The summed E-state index contributed by atoms with van der Waals surface area (Å²) in [6.07, 6.45) is 3.22. The lowest BCUT2D eigenvalue weighted by Gasteiger charge is -2.20. The van der Waals surface area contributed by atoms with Crippen LogP contribution in [0.1, 0.15) is 29.5 Å². The highest BCUT2D eigenvalue weighted by Gasteiger charge is 2.22. The molecule has 0 saturated carbocycles. The number of hydrogen-bond donors (Lipinski definition) is 2. The van der Waals surface area contributed by atoms with Gasteiger partial charge in [0.2, 0.25) is 5.76 Å². The maximum atomic E-state index is 12.3. The summed E-state index contributed by atoms with van der Waals surface area (Å²) in [6, 6.07) is 12.6. The van der Waals surface area contributed by atoms with E-state index in [0.29, 0.717) is 16.5 Å². The number of oxazole rings is 1. The normalized spacial score (nSPS) is 12.9. The summed E-state index contributed by atoms with van der Waals surface area (Å²) >= 11 is 12.3. The van der Waals surface area contributed by atoms with Crippen LogP contribution in [0.2, 0.25) is 10.0 Å². The molecule has 0 unspecified atom stereocenters. The molecule has 3 rings (SSSR count). The Morgan fingerprint density at radius 1 is 1.17 bits per heavy atom. The second-order valence-corrected chi connectivity index (χ2v) is 7.88. The first-order chi connectivity index (χ1) is 14.3. The van der Waals surface area contributed by atoms with Gasteiger partial charge in [-0.1, -0.05) is 54.4 Å². The summed E-state index contributed by atoms with van der Waals surface area (Å²) < 4.78 is 5.02. The number of carboxylic acid groups (broad SMARTS) is 1. The molecule has 3 aromatic rings. The van der Waals surface area contributed by atoms with Crippen LogP contribution in [0.5, 0.6) is 0 Å². The fourth-order valence-electron chi connectivity index (χ4n) is 3.13. The predicted octanol–water partition coefficient (Wildman–Crippen LogP) is 5.10. The third-order valence-electron chi connectivity index (χ3n) is 4.73. The number of hydrogen-bond acceptors (Lipinski definition) is 4. The summed E-state index contributed by atoms with van der Waals surface area (Å²) in [7, 11) is 0. The summed E-state index contributed by atoms with van der Waals surface area (Å²) in [5.41, 5.74) is 2.68. The molecule has 8 heteroatoms. The molecule has 0 saturated heterocycles. The second-order valence-electron chi connectivity index (χ2n) is 7.04. The number of aromatic nitrogens is 1. The minimum atomic E-state index is -0.917. The van der Waals surface area contributed by atoms with Gasteiger partial charge in [0.25, 0.3) is 5.91 Å². The minimum absolute atomic E-state index is 0.0777. The van der Waals surface area contributed by atoms with Gasteiger partial charge in [0.1, 0.15) is 0 Å². The number of halogens is 2. The van der Waals surface area contributed by atoms with Crippen LogP contribution in [0.3, 0.4) is 0 Å². The molecule has 0 spiro atoms. The largest absolute Gasteiger partial charge is 0.481 e. The van der Waals surface area contributed by atoms with E-state index in [-0.39, 0.29) is 12.2 Å². The van der Waals surface area contributed by atoms with E-state index in [4.69, 9.17) is 27.6 Å². The Balaban J connectivity index is 1.76. The van der Waals surface area contributed by atoms with E-state index in [1.54, 1.807) is 25.1 Å². The van der Waals surface area contributed by atoms with E-state index in [9.17, 15) is 14.7 Å². The summed E-state index contributed by atoms with van der Waals surface area (Å²) in [4.78, 5) is 27.4. The van der Waals surface area contributed by atoms with Crippen molar-refractivity contribution in [2.45, 2.75) is 25.8 Å². The highest BCUT2D eigenvalue weighted by molar-refractivity contribution is 6.35. The van der Waals surface area contributed by atoms with Crippen LogP contribution in [-0.2, 0) is 11.2 Å². The highest BCUT2D eigenvalue weighted by atomic mass is 35.5. The number of carbonyl (C=O) groups excluding carboxylic acids is 1. The second kappa shape index (κ2) is 9.78. The van der Waals surface area contributed by atoms with E-state index >= 15 is 0 Å². The van der Waals surface area contributed by atoms with Crippen molar-refractivity contribution < 1.29 is 19.1 Å². The van der Waals surface area contributed by atoms with Crippen LogP contribution < -0.4 is 5.32 Å². The first-order valence-electron chi connectivity index (χ1n) is 9.30. The molecule has 1 amide bonds. The number of nitrogens with zero attached hydrogens (tertiary/aromatic N) is 1. The number of rotatable bonds is 8. The summed E-state index contributed by atoms with van der Waals surface area (Å²) in [6.45, 7) is 1.61. The Hall–Kier alpha value is -2.83. The number of nitrogens with one attached hydrogen (secondary N) is 1. The Morgan fingerprint density at radius 3 is 2.53 bits per heavy atom. The van der Waals surface area contributed by atoms with Gasteiger partial charge in [-0.05, 0) is 42.2 Å². The van der Waals surface area contributed by atoms with Crippen molar-refractivity contribution >= 4 is 35.1 Å². The van der Waals surface area contributed by atoms with Crippen LogP contribution >= 0.6 is 23.2 Å². The lowest BCUT2D eigenvalue weighted by atomic mass is 9.95. The molecule has 0 aliphatic rings. The number of amides is 1. The molecule has 0 radical (unpaired) electrons. The zero-order valence-electron chi connectivity index (χ0n) is 16.1. The van der Waals surface area contributed by atoms with Gasteiger partial charge in [-0.15, -0.1) is 0 Å². The number of benzene rings is 2. The Labute approximate surface area is 183 Å². The zero-order valence-corrected chi connectivity index (χ0v) is 17.7. The molecule has 0 aliphatic carbocycles. The molecule has 2 aromatic carbocycles. The van der Waals surface area contributed by atoms with Crippen LogP contribution in [0.25, 0.3) is 11.1 Å². The lowest BCUT2D eigenvalue weighted by molar-refractivity contribution is -0.141. The van der Waals surface area contributed by atoms with Crippen molar-refractivity contribution in [3.63, 3.8) is 0 Å². The van der Waals surface area contributed by atoms with Crippen molar-refractivity contribution in [2.75, 3.05) is 0 Å². The molecule has 2 atom stereocenters. The molecule has 156 valence electrons. The van der Waals surface area contributed by atoms with Crippen LogP contribution in [0.4, 0.5) is 0 Å². The van der Waals surface area contributed by atoms with Crippen molar-refractivity contribution in [3.05, 3.63) is 76.4 Å². The molecule has 1 heterocycles. The number of carboxylic acids is 1. The maximum Gasteiger partial charge on any atom is 0.306 e. The van der Waals surface area contributed by atoms with Gasteiger partial charge in [0.15, 0.2) is 6.39 Å². The number of carbonyl (C=O) groups is 2. The van der Waals surface area contributed by atoms with Gasteiger partial charge in [0.05, 0.1) is 12.1 Å². The smallest absolute Gasteiger partial charge is 0.306 e. The molecule has 0 fully saturated rings. The number of aliphatic carboxylic acids is 1. The van der Waals surface area contributed by atoms with Crippen molar-refractivity contribution in [3.8, 4) is 11.1 Å². The molecule has 6 nitrogen and oxygen atoms in total. The van der Waals surface area contributed by atoms with Gasteiger partial charge < -0.3 is 14.8 Å². The van der Waals surface area contributed by atoms with Crippen LogP contribution in [-0.4, -0.2) is 28.0 Å². The first kappa shape index (κ1) is 21.9. The standard InChI is InChI=1S/C22H20Cl2N2O4/c1-13(22(28)29)8-17(26-21(27)20-11-25-12-30-20)9-14-2-4-15(5-3-14)18-10-16(23)6-7-19(18)24/h2-7,10-13,17H,8-9H2,1H3,(H,26,27)(H,28,29)/t13-,17+/m1/s1. The minimum Gasteiger partial charge on any atom is -0.481 e. The molecule has 1 aromatic heterocycles.